The molecule has 1 unspecified atom stereocenters. The molecule has 2 nitrogen and oxygen atoms in total. The summed E-state index contributed by atoms with van der Waals surface area (Å²) >= 11 is 0. The van der Waals surface area contributed by atoms with Gasteiger partial charge in [-0.3, -0.25) is 0 Å². The van der Waals surface area contributed by atoms with Crippen molar-refractivity contribution in [2.75, 3.05) is 13.2 Å². The van der Waals surface area contributed by atoms with Crippen LogP contribution in [0.15, 0.2) is 0 Å². The molecule has 0 aliphatic rings. The Balaban J connectivity index is 2.86. The molecule has 1 radical (unpaired) electrons. The first-order chi connectivity index (χ1) is 3.81. The van der Waals surface area contributed by atoms with E-state index in [0.717, 1.165) is 0 Å². The molecule has 49 valence electrons. The molecule has 0 aliphatic carbocycles. The van der Waals surface area contributed by atoms with E-state index in [2.05, 4.69) is 6.92 Å². The maximum absolute atomic E-state index is 8.80. The first-order valence-electron chi connectivity index (χ1n) is 2.86. The summed E-state index contributed by atoms with van der Waals surface area (Å²) in [5.41, 5.74) is 0. The summed E-state index contributed by atoms with van der Waals surface area (Å²) in [5, 5.41) is 8.80. The molecule has 0 saturated heterocycles. The third-order valence-electron chi connectivity index (χ3n) is 0.848. The smallest absolute Gasteiger partial charge is 0.0773 e. The molecule has 0 aliphatic heterocycles. The van der Waals surface area contributed by atoms with Crippen LogP contribution in [-0.2, 0) is 4.74 Å². The van der Waals surface area contributed by atoms with Gasteiger partial charge in [0.2, 0.25) is 0 Å². The molecule has 0 aromatic heterocycles. The fourth-order valence-corrected chi connectivity index (χ4v) is 0.337. The zero-order valence-corrected chi connectivity index (χ0v) is 5.26. The van der Waals surface area contributed by atoms with E-state index in [-0.39, 0.29) is 6.10 Å². The van der Waals surface area contributed by atoms with Crippen LogP contribution in [-0.4, -0.2) is 24.4 Å². The normalized spacial score (nSPS) is 13.9. The Bertz CT molecular complexity index is 45.8. The van der Waals surface area contributed by atoms with Gasteiger partial charge in [0.05, 0.1) is 12.7 Å². The average molecular weight is 117 g/mol. The monoisotopic (exact) mass is 117 g/mol. The van der Waals surface area contributed by atoms with Crippen LogP contribution in [0.5, 0.6) is 0 Å². The number of hydrogen-bond acceptors (Lipinski definition) is 2. The summed E-state index contributed by atoms with van der Waals surface area (Å²) < 4.78 is 4.90. The van der Waals surface area contributed by atoms with Crippen molar-refractivity contribution in [2.24, 2.45) is 0 Å². The summed E-state index contributed by atoms with van der Waals surface area (Å²) in [4.78, 5) is 0. The second-order valence-electron chi connectivity index (χ2n) is 1.60. The Hall–Kier alpha value is -0.0800. The lowest BCUT2D eigenvalue weighted by Gasteiger charge is -2.05. The largest absolute Gasteiger partial charge is 0.391 e. The van der Waals surface area contributed by atoms with Crippen molar-refractivity contribution in [3.8, 4) is 0 Å². The number of aliphatic hydroxyl groups is 1. The number of rotatable bonds is 4. The molecule has 0 aromatic rings. The van der Waals surface area contributed by atoms with Gasteiger partial charge in [-0.2, -0.15) is 0 Å². The number of hydrogen-bond donors (Lipinski definition) is 1. The van der Waals surface area contributed by atoms with Gasteiger partial charge in [-0.1, -0.05) is 6.92 Å². The van der Waals surface area contributed by atoms with Crippen molar-refractivity contribution in [3.05, 3.63) is 6.92 Å². The van der Waals surface area contributed by atoms with E-state index >= 15 is 0 Å². The minimum Gasteiger partial charge on any atom is -0.391 e. The highest BCUT2D eigenvalue weighted by Crippen LogP contribution is 1.88. The van der Waals surface area contributed by atoms with E-state index in [1.165, 1.54) is 0 Å². The van der Waals surface area contributed by atoms with Crippen molar-refractivity contribution in [3.63, 3.8) is 0 Å². The van der Waals surface area contributed by atoms with E-state index in [9.17, 15) is 0 Å². The fraction of sp³-hybridized carbons (Fsp3) is 0.833. The molecule has 1 atom stereocenters. The minimum atomic E-state index is -0.380. The van der Waals surface area contributed by atoms with Gasteiger partial charge in [-0.05, 0) is 13.3 Å². The lowest BCUT2D eigenvalue weighted by molar-refractivity contribution is 0.0440. The molecular formula is C6H13O2. The Kier molecular flexibility index (Phi) is 5.01. The Morgan fingerprint density at radius 3 is 2.75 bits per heavy atom. The Labute approximate surface area is 50.5 Å². The van der Waals surface area contributed by atoms with Gasteiger partial charge in [0.1, 0.15) is 0 Å². The summed E-state index contributed by atoms with van der Waals surface area (Å²) in [6, 6.07) is 0. The van der Waals surface area contributed by atoms with Crippen LogP contribution >= 0.6 is 0 Å². The van der Waals surface area contributed by atoms with Crippen molar-refractivity contribution >= 4 is 0 Å². The zero-order chi connectivity index (χ0) is 6.41. The third-order valence-corrected chi connectivity index (χ3v) is 0.848. The van der Waals surface area contributed by atoms with E-state index in [1.807, 2.05) is 6.92 Å². The van der Waals surface area contributed by atoms with Crippen LogP contribution in [0.3, 0.4) is 0 Å². The molecule has 0 saturated carbocycles. The summed E-state index contributed by atoms with van der Waals surface area (Å²) in [5.74, 6) is 0. The predicted molar refractivity (Wildman–Crippen MR) is 32.5 cm³/mol. The van der Waals surface area contributed by atoms with Gasteiger partial charge in [0, 0.05) is 6.61 Å². The molecule has 0 heterocycles. The van der Waals surface area contributed by atoms with E-state index in [4.69, 9.17) is 9.84 Å². The lowest BCUT2D eigenvalue weighted by atomic mass is 10.3. The first-order valence-corrected chi connectivity index (χ1v) is 2.86. The van der Waals surface area contributed by atoms with E-state index < -0.39 is 0 Å². The summed E-state index contributed by atoms with van der Waals surface area (Å²) in [6.07, 6.45) is 0.148. The van der Waals surface area contributed by atoms with Crippen LogP contribution in [0.1, 0.15) is 13.3 Å². The molecule has 0 amide bonds. The molecule has 0 rings (SSSR count). The molecule has 1 N–H and O–H groups in total. The maximum Gasteiger partial charge on any atom is 0.0773 e. The van der Waals surface area contributed by atoms with Gasteiger partial charge in [-0.15, -0.1) is 0 Å². The first kappa shape index (κ1) is 7.92. The second kappa shape index (κ2) is 5.06. The van der Waals surface area contributed by atoms with Gasteiger partial charge in [0.25, 0.3) is 0 Å². The summed E-state index contributed by atoms with van der Waals surface area (Å²) in [7, 11) is 0. The molecule has 0 spiro atoms. The highest BCUT2D eigenvalue weighted by atomic mass is 16.5. The molecule has 8 heavy (non-hydrogen) atoms. The third kappa shape index (κ3) is 4.09. The van der Waals surface area contributed by atoms with Gasteiger partial charge in [-0.25, -0.2) is 0 Å². The van der Waals surface area contributed by atoms with Crippen molar-refractivity contribution in [2.45, 2.75) is 19.4 Å². The molecule has 0 bridgehead atoms. The van der Waals surface area contributed by atoms with Crippen LogP contribution in [0, 0.1) is 6.92 Å². The highest BCUT2D eigenvalue weighted by molar-refractivity contribution is 4.53. The predicted octanol–water partition coefficient (Wildman–Crippen LogP) is 0.608. The van der Waals surface area contributed by atoms with Gasteiger partial charge < -0.3 is 9.84 Å². The van der Waals surface area contributed by atoms with Gasteiger partial charge in [0.15, 0.2) is 0 Å². The van der Waals surface area contributed by atoms with Crippen molar-refractivity contribution < 1.29 is 9.84 Å². The fourth-order valence-electron chi connectivity index (χ4n) is 0.337. The zero-order valence-electron chi connectivity index (χ0n) is 5.26. The second-order valence-corrected chi connectivity index (χ2v) is 1.60. The topological polar surface area (TPSA) is 29.5 Å². The standard InChI is InChI=1S/C6H13O2/c1-3-6(7)5-8-4-2/h6-7H,1,3-5H2,2H3. The van der Waals surface area contributed by atoms with E-state index in [1.54, 1.807) is 0 Å². The van der Waals surface area contributed by atoms with Crippen molar-refractivity contribution in [1.29, 1.82) is 0 Å². The quantitative estimate of drug-likeness (QED) is 0.584. The maximum atomic E-state index is 8.80. The van der Waals surface area contributed by atoms with Gasteiger partial charge >= 0.3 is 0 Å². The van der Waals surface area contributed by atoms with Crippen LogP contribution in [0.4, 0.5) is 0 Å². The highest BCUT2D eigenvalue weighted by Gasteiger charge is 1.96. The average Bonchev–Trinajstić information content (AvgIpc) is 1.83. The molecule has 2 heteroatoms. The lowest BCUT2D eigenvalue weighted by Crippen LogP contribution is -2.13. The van der Waals surface area contributed by atoms with Crippen LogP contribution < -0.4 is 0 Å². The minimum absolute atomic E-state index is 0.380. The Morgan fingerprint density at radius 2 is 2.38 bits per heavy atom. The Morgan fingerprint density at radius 1 is 1.75 bits per heavy atom. The summed E-state index contributed by atoms with van der Waals surface area (Å²) in [6.45, 7) is 6.49. The SMILES string of the molecule is [CH2]CC(O)COCC. The molecular weight excluding hydrogens is 104 g/mol. The molecule has 0 aromatic carbocycles. The molecule has 0 fully saturated rings. The number of aliphatic hydroxyl groups excluding tert-OH is 1. The van der Waals surface area contributed by atoms with Crippen LogP contribution in [0.25, 0.3) is 0 Å². The number of ether oxygens (including phenoxy) is 1. The van der Waals surface area contributed by atoms with Crippen LogP contribution in [0.2, 0.25) is 0 Å². The van der Waals surface area contributed by atoms with E-state index in [0.29, 0.717) is 19.6 Å². The van der Waals surface area contributed by atoms with Crippen molar-refractivity contribution in [1.82, 2.24) is 0 Å².